The molecule has 0 aliphatic heterocycles. The fourth-order valence-electron chi connectivity index (χ4n) is 1.57. The minimum Gasteiger partial charge on any atom is -0.406 e. The smallest absolute Gasteiger partial charge is 0.406 e. The van der Waals surface area contributed by atoms with Crippen LogP contribution in [-0.4, -0.2) is 24.4 Å². The van der Waals surface area contributed by atoms with Gasteiger partial charge in [0.2, 0.25) is 5.91 Å². The Morgan fingerprint density at radius 2 is 2.00 bits per heavy atom. The Hall–Kier alpha value is -1.92. The van der Waals surface area contributed by atoms with Crippen molar-refractivity contribution >= 4 is 11.6 Å². The summed E-state index contributed by atoms with van der Waals surface area (Å²) in [6, 6.07) is 4.85. The highest BCUT2D eigenvalue weighted by atomic mass is 19.4. The third-order valence-electron chi connectivity index (χ3n) is 2.85. The summed E-state index contributed by atoms with van der Waals surface area (Å²) in [5.41, 5.74) is 0.378. The number of carbonyl (C=O) groups excluding carboxylic acids is 1. The molecule has 2 unspecified atom stereocenters. The third kappa shape index (κ3) is 6.37. The van der Waals surface area contributed by atoms with Gasteiger partial charge in [-0.15, -0.1) is 13.2 Å². The van der Waals surface area contributed by atoms with Gasteiger partial charge in [-0.05, 0) is 32.4 Å². The lowest BCUT2D eigenvalue weighted by atomic mass is 10.2. The minimum atomic E-state index is -4.74. The maximum atomic E-state index is 12.1. The second-order valence-electron chi connectivity index (χ2n) is 4.76. The molecule has 0 radical (unpaired) electrons. The van der Waals surface area contributed by atoms with Gasteiger partial charge in [0.15, 0.2) is 0 Å². The molecule has 2 N–H and O–H groups in total. The van der Waals surface area contributed by atoms with Gasteiger partial charge in [0, 0.05) is 17.8 Å². The number of halogens is 3. The standard InChI is InChI=1S/C14H19F3N2O2/c1-4-9(2)18-13(20)10(3)19-11-6-5-7-12(8-11)21-14(15,16)17/h5-10,19H,4H2,1-3H3,(H,18,20). The monoisotopic (exact) mass is 304 g/mol. The molecule has 0 saturated heterocycles. The lowest BCUT2D eigenvalue weighted by Crippen LogP contribution is -2.41. The summed E-state index contributed by atoms with van der Waals surface area (Å²) < 4.78 is 40.2. The molecular formula is C14H19F3N2O2. The first-order valence-electron chi connectivity index (χ1n) is 6.64. The zero-order valence-corrected chi connectivity index (χ0v) is 12.1. The van der Waals surface area contributed by atoms with Gasteiger partial charge >= 0.3 is 6.36 Å². The lowest BCUT2D eigenvalue weighted by molar-refractivity contribution is -0.274. The average molecular weight is 304 g/mol. The first kappa shape index (κ1) is 17.1. The van der Waals surface area contributed by atoms with Crippen LogP contribution in [0.5, 0.6) is 5.75 Å². The topological polar surface area (TPSA) is 50.4 Å². The molecule has 0 aromatic heterocycles. The Bertz CT molecular complexity index is 478. The predicted octanol–water partition coefficient (Wildman–Crippen LogP) is 3.30. The van der Waals surface area contributed by atoms with Crippen LogP contribution in [0.2, 0.25) is 0 Å². The van der Waals surface area contributed by atoms with Crippen molar-refractivity contribution in [3.05, 3.63) is 24.3 Å². The van der Waals surface area contributed by atoms with E-state index in [1.54, 1.807) is 13.0 Å². The number of alkyl halides is 3. The van der Waals surface area contributed by atoms with E-state index in [2.05, 4.69) is 15.4 Å². The first-order valence-corrected chi connectivity index (χ1v) is 6.64. The molecule has 0 heterocycles. The van der Waals surface area contributed by atoms with Crippen LogP contribution in [0.15, 0.2) is 24.3 Å². The largest absolute Gasteiger partial charge is 0.573 e. The van der Waals surface area contributed by atoms with Crippen molar-refractivity contribution in [2.75, 3.05) is 5.32 Å². The summed E-state index contributed by atoms with van der Waals surface area (Å²) in [5, 5.41) is 5.63. The highest BCUT2D eigenvalue weighted by Gasteiger charge is 2.31. The van der Waals surface area contributed by atoms with Crippen molar-refractivity contribution < 1.29 is 22.7 Å². The number of benzene rings is 1. The molecule has 21 heavy (non-hydrogen) atoms. The fourth-order valence-corrected chi connectivity index (χ4v) is 1.57. The van der Waals surface area contributed by atoms with E-state index < -0.39 is 12.4 Å². The van der Waals surface area contributed by atoms with E-state index in [0.717, 1.165) is 6.42 Å². The second-order valence-corrected chi connectivity index (χ2v) is 4.76. The number of carbonyl (C=O) groups is 1. The quantitative estimate of drug-likeness (QED) is 0.848. The van der Waals surface area contributed by atoms with E-state index in [1.807, 2.05) is 13.8 Å². The summed E-state index contributed by atoms with van der Waals surface area (Å²) in [7, 11) is 0. The van der Waals surface area contributed by atoms with Gasteiger partial charge < -0.3 is 15.4 Å². The van der Waals surface area contributed by atoms with Crippen LogP contribution in [-0.2, 0) is 4.79 Å². The molecule has 0 aliphatic rings. The molecule has 0 aliphatic carbocycles. The maximum Gasteiger partial charge on any atom is 0.573 e. The molecule has 4 nitrogen and oxygen atoms in total. The fraction of sp³-hybridized carbons (Fsp3) is 0.500. The van der Waals surface area contributed by atoms with Gasteiger partial charge in [-0.1, -0.05) is 13.0 Å². The zero-order valence-electron chi connectivity index (χ0n) is 12.1. The van der Waals surface area contributed by atoms with Crippen LogP contribution < -0.4 is 15.4 Å². The van der Waals surface area contributed by atoms with E-state index in [9.17, 15) is 18.0 Å². The second kappa shape index (κ2) is 7.19. The molecule has 0 bridgehead atoms. The van der Waals surface area contributed by atoms with Crippen LogP contribution >= 0.6 is 0 Å². The highest BCUT2D eigenvalue weighted by molar-refractivity contribution is 5.84. The Balaban J connectivity index is 2.66. The van der Waals surface area contributed by atoms with Crippen LogP contribution in [0.4, 0.5) is 18.9 Å². The Morgan fingerprint density at radius 3 is 2.57 bits per heavy atom. The number of rotatable bonds is 6. The minimum absolute atomic E-state index is 0.0432. The molecule has 1 aromatic rings. The summed E-state index contributed by atoms with van der Waals surface area (Å²) in [6.07, 6.45) is -3.94. The van der Waals surface area contributed by atoms with E-state index >= 15 is 0 Å². The number of hydrogen-bond donors (Lipinski definition) is 2. The molecule has 1 aromatic carbocycles. The number of amides is 1. The molecule has 7 heteroatoms. The van der Waals surface area contributed by atoms with Gasteiger partial charge in [0.05, 0.1) is 0 Å². The maximum absolute atomic E-state index is 12.1. The van der Waals surface area contributed by atoms with E-state index in [1.165, 1.54) is 18.2 Å². The van der Waals surface area contributed by atoms with E-state index in [4.69, 9.17) is 0 Å². The molecular weight excluding hydrogens is 285 g/mol. The zero-order chi connectivity index (χ0) is 16.0. The molecule has 118 valence electrons. The number of anilines is 1. The Morgan fingerprint density at radius 1 is 1.33 bits per heavy atom. The van der Waals surface area contributed by atoms with E-state index in [0.29, 0.717) is 5.69 Å². The van der Waals surface area contributed by atoms with Crippen LogP contribution in [0, 0.1) is 0 Å². The van der Waals surface area contributed by atoms with Crippen molar-refractivity contribution in [1.82, 2.24) is 5.32 Å². The van der Waals surface area contributed by atoms with Crippen molar-refractivity contribution in [3.63, 3.8) is 0 Å². The summed E-state index contributed by atoms with van der Waals surface area (Å²) >= 11 is 0. The summed E-state index contributed by atoms with van der Waals surface area (Å²) in [4.78, 5) is 11.8. The summed E-state index contributed by atoms with van der Waals surface area (Å²) in [6.45, 7) is 5.46. The van der Waals surface area contributed by atoms with Crippen LogP contribution in [0.3, 0.4) is 0 Å². The average Bonchev–Trinajstić information content (AvgIpc) is 2.36. The van der Waals surface area contributed by atoms with Crippen molar-refractivity contribution in [1.29, 1.82) is 0 Å². The van der Waals surface area contributed by atoms with Gasteiger partial charge in [-0.3, -0.25) is 4.79 Å². The SMILES string of the molecule is CCC(C)NC(=O)C(C)Nc1cccc(OC(F)(F)F)c1. The van der Waals surface area contributed by atoms with Gasteiger partial charge in [-0.25, -0.2) is 0 Å². The van der Waals surface area contributed by atoms with Crippen LogP contribution in [0.25, 0.3) is 0 Å². The van der Waals surface area contributed by atoms with Gasteiger partial charge in [0.1, 0.15) is 11.8 Å². The van der Waals surface area contributed by atoms with Gasteiger partial charge in [0.25, 0.3) is 0 Å². The molecule has 1 rings (SSSR count). The van der Waals surface area contributed by atoms with Gasteiger partial charge in [-0.2, -0.15) is 0 Å². The van der Waals surface area contributed by atoms with Crippen molar-refractivity contribution in [3.8, 4) is 5.75 Å². The molecule has 2 atom stereocenters. The Labute approximate surface area is 121 Å². The normalized spacial score (nSPS) is 14.2. The number of ether oxygens (including phenoxy) is 1. The molecule has 0 saturated carbocycles. The Kier molecular flexibility index (Phi) is 5.87. The van der Waals surface area contributed by atoms with Crippen molar-refractivity contribution in [2.45, 2.75) is 45.6 Å². The van der Waals surface area contributed by atoms with Crippen LogP contribution in [0.1, 0.15) is 27.2 Å². The number of nitrogens with one attached hydrogen (secondary N) is 2. The molecule has 0 spiro atoms. The summed E-state index contributed by atoms with van der Waals surface area (Å²) in [5.74, 6) is -0.548. The predicted molar refractivity (Wildman–Crippen MR) is 74.1 cm³/mol. The lowest BCUT2D eigenvalue weighted by Gasteiger charge is -2.18. The third-order valence-corrected chi connectivity index (χ3v) is 2.85. The molecule has 1 amide bonds. The highest BCUT2D eigenvalue weighted by Crippen LogP contribution is 2.25. The first-order chi connectivity index (χ1) is 9.71. The van der Waals surface area contributed by atoms with Crippen molar-refractivity contribution in [2.24, 2.45) is 0 Å². The molecule has 0 fully saturated rings. The number of hydrogen-bond acceptors (Lipinski definition) is 3. The van der Waals surface area contributed by atoms with E-state index in [-0.39, 0.29) is 17.7 Å².